The largest absolute Gasteiger partial charge is 0.482 e. The lowest BCUT2D eigenvalue weighted by Gasteiger charge is -2.35. The Morgan fingerprint density at radius 1 is 1.10 bits per heavy atom. The van der Waals surface area contributed by atoms with E-state index < -0.39 is 0 Å². The summed E-state index contributed by atoms with van der Waals surface area (Å²) in [4.78, 5) is 28.8. The van der Waals surface area contributed by atoms with E-state index in [-0.39, 0.29) is 31.0 Å². The average molecular weight is 430 g/mol. The number of nitrogens with zero attached hydrogens (tertiary/aromatic N) is 2. The van der Waals surface area contributed by atoms with Crippen molar-refractivity contribution in [2.75, 3.05) is 50.9 Å². The molecule has 1 N–H and O–H groups in total. The van der Waals surface area contributed by atoms with Gasteiger partial charge in [0.1, 0.15) is 12.3 Å². The summed E-state index contributed by atoms with van der Waals surface area (Å²) in [6.07, 6.45) is 0. The van der Waals surface area contributed by atoms with Crippen LogP contribution in [0.2, 0.25) is 5.02 Å². The Balaban J connectivity index is 1.45. The fourth-order valence-electron chi connectivity index (χ4n) is 3.81. The number of nitrogens with one attached hydrogen (secondary N) is 1. The predicted octanol–water partition coefficient (Wildman–Crippen LogP) is 2.26. The SMILES string of the molecule is O=C(CN1C(=O)COc2ccccc21)NCC(c1ccccc1Cl)N1CCOCC1. The van der Waals surface area contributed by atoms with Crippen molar-refractivity contribution >= 4 is 29.1 Å². The molecule has 0 spiro atoms. The fraction of sp³-hybridized carbons (Fsp3) is 0.364. The average Bonchev–Trinajstić information content (AvgIpc) is 2.78. The number of fused-ring (bicyclic) bond motifs is 1. The topological polar surface area (TPSA) is 71.1 Å². The molecule has 2 heterocycles. The van der Waals surface area contributed by atoms with E-state index in [4.69, 9.17) is 21.1 Å². The van der Waals surface area contributed by atoms with E-state index in [2.05, 4.69) is 10.2 Å². The molecule has 2 aliphatic heterocycles. The Bertz CT molecular complexity index is 917. The standard InChI is InChI=1S/C22H24ClN3O4/c23-17-6-2-1-5-16(17)19(25-9-11-29-12-10-25)13-24-21(27)14-26-18-7-3-4-8-20(18)30-15-22(26)28/h1-8,19H,9-15H2,(H,24,27). The molecule has 2 aromatic carbocycles. The van der Waals surface area contributed by atoms with Gasteiger partial charge in [-0.2, -0.15) is 0 Å². The molecular formula is C22H24ClN3O4. The minimum Gasteiger partial charge on any atom is -0.482 e. The van der Waals surface area contributed by atoms with Crippen molar-refractivity contribution in [2.24, 2.45) is 0 Å². The van der Waals surface area contributed by atoms with Gasteiger partial charge >= 0.3 is 0 Å². The van der Waals surface area contributed by atoms with Crippen LogP contribution in [-0.4, -0.2) is 62.7 Å². The van der Waals surface area contributed by atoms with E-state index in [1.54, 1.807) is 12.1 Å². The molecule has 0 aliphatic carbocycles. The monoisotopic (exact) mass is 429 g/mol. The Morgan fingerprint density at radius 2 is 1.83 bits per heavy atom. The van der Waals surface area contributed by atoms with Gasteiger partial charge in [-0.3, -0.25) is 19.4 Å². The molecule has 1 atom stereocenters. The minimum atomic E-state index is -0.236. The van der Waals surface area contributed by atoms with Crippen LogP contribution in [0.3, 0.4) is 0 Å². The second kappa shape index (κ2) is 9.47. The van der Waals surface area contributed by atoms with E-state index in [0.29, 0.717) is 36.2 Å². The van der Waals surface area contributed by atoms with Crippen LogP contribution in [0, 0.1) is 0 Å². The summed E-state index contributed by atoms with van der Waals surface area (Å²) < 4.78 is 10.9. The Morgan fingerprint density at radius 3 is 2.63 bits per heavy atom. The molecule has 30 heavy (non-hydrogen) atoms. The Labute approximate surface area is 180 Å². The van der Waals surface area contributed by atoms with Crippen LogP contribution in [0.5, 0.6) is 5.75 Å². The van der Waals surface area contributed by atoms with Crippen molar-refractivity contribution in [3.05, 3.63) is 59.1 Å². The zero-order valence-electron chi connectivity index (χ0n) is 16.6. The zero-order chi connectivity index (χ0) is 20.9. The van der Waals surface area contributed by atoms with Gasteiger partial charge in [0.2, 0.25) is 5.91 Å². The number of amides is 2. The number of para-hydroxylation sites is 2. The quantitative estimate of drug-likeness (QED) is 0.762. The van der Waals surface area contributed by atoms with E-state index in [1.807, 2.05) is 36.4 Å². The van der Waals surface area contributed by atoms with Gasteiger partial charge in [0, 0.05) is 24.7 Å². The van der Waals surface area contributed by atoms with Gasteiger partial charge in [-0.25, -0.2) is 0 Å². The van der Waals surface area contributed by atoms with E-state index >= 15 is 0 Å². The number of hydrogen-bond donors (Lipinski definition) is 1. The first kappa shape index (κ1) is 20.7. The normalized spacial score (nSPS) is 17.8. The van der Waals surface area contributed by atoms with Crippen LogP contribution >= 0.6 is 11.6 Å². The lowest BCUT2D eigenvalue weighted by Crippen LogP contribution is -2.48. The van der Waals surface area contributed by atoms with E-state index in [1.165, 1.54) is 4.90 Å². The van der Waals surface area contributed by atoms with Crippen molar-refractivity contribution in [2.45, 2.75) is 6.04 Å². The number of rotatable bonds is 6. The molecule has 2 amide bonds. The number of carbonyl (C=O) groups is 2. The molecule has 1 saturated heterocycles. The number of benzene rings is 2. The molecule has 1 unspecified atom stereocenters. The summed E-state index contributed by atoms with van der Waals surface area (Å²) in [5.41, 5.74) is 1.58. The first-order valence-corrected chi connectivity index (χ1v) is 10.4. The summed E-state index contributed by atoms with van der Waals surface area (Å²) in [5.74, 6) is 0.136. The van der Waals surface area contributed by atoms with Gasteiger partial charge < -0.3 is 14.8 Å². The number of morpholine rings is 1. The third-order valence-corrected chi connectivity index (χ3v) is 5.70. The number of hydrogen-bond acceptors (Lipinski definition) is 5. The van der Waals surface area contributed by atoms with Gasteiger partial charge in [0.25, 0.3) is 5.91 Å². The number of carbonyl (C=O) groups excluding carboxylic acids is 2. The molecule has 158 valence electrons. The highest BCUT2D eigenvalue weighted by Crippen LogP contribution is 2.31. The summed E-state index contributed by atoms with van der Waals surface area (Å²) >= 11 is 6.45. The second-order valence-electron chi connectivity index (χ2n) is 7.23. The Hall–Kier alpha value is -2.61. The van der Waals surface area contributed by atoms with Crippen LogP contribution < -0.4 is 15.0 Å². The van der Waals surface area contributed by atoms with Crippen molar-refractivity contribution in [1.82, 2.24) is 10.2 Å². The fourth-order valence-corrected chi connectivity index (χ4v) is 4.07. The smallest absolute Gasteiger partial charge is 0.265 e. The molecular weight excluding hydrogens is 406 g/mol. The first-order chi connectivity index (χ1) is 14.6. The summed E-state index contributed by atoms with van der Waals surface area (Å²) in [7, 11) is 0. The predicted molar refractivity (Wildman–Crippen MR) is 114 cm³/mol. The van der Waals surface area contributed by atoms with Crippen molar-refractivity contribution in [1.29, 1.82) is 0 Å². The highest BCUT2D eigenvalue weighted by atomic mass is 35.5. The maximum atomic E-state index is 12.7. The van der Waals surface area contributed by atoms with Crippen LogP contribution in [0.4, 0.5) is 5.69 Å². The van der Waals surface area contributed by atoms with Gasteiger partial charge in [0.15, 0.2) is 6.61 Å². The van der Waals surface area contributed by atoms with Crippen LogP contribution in [-0.2, 0) is 14.3 Å². The first-order valence-electron chi connectivity index (χ1n) is 9.98. The van der Waals surface area contributed by atoms with Gasteiger partial charge in [0.05, 0.1) is 24.9 Å². The number of halogens is 1. The molecule has 2 aromatic rings. The highest BCUT2D eigenvalue weighted by molar-refractivity contribution is 6.31. The van der Waals surface area contributed by atoms with E-state index in [0.717, 1.165) is 18.7 Å². The molecule has 1 fully saturated rings. The maximum Gasteiger partial charge on any atom is 0.265 e. The number of ether oxygens (including phenoxy) is 2. The second-order valence-corrected chi connectivity index (χ2v) is 7.63. The number of anilines is 1. The minimum absolute atomic E-state index is 0.0580. The van der Waals surface area contributed by atoms with Crippen LogP contribution in [0.15, 0.2) is 48.5 Å². The van der Waals surface area contributed by atoms with Gasteiger partial charge in [-0.1, -0.05) is 41.9 Å². The molecule has 0 bridgehead atoms. The third-order valence-electron chi connectivity index (χ3n) is 5.35. The lowest BCUT2D eigenvalue weighted by atomic mass is 10.0. The molecule has 4 rings (SSSR count). The van der Waals surface area contributed by atoms with Crippen molar-refractivity contribution < 1.29 is 19.1 Å². The molecule has 0 saturated carbocycles. The van der Waals surface area contributed by atoms with E-state index in [9.17, 15) is 9.59 Å². The molecule has 7 nitrogen and oxygen atoms in total. The van der Waals surface area contributed by atoms with Crippen molar-refractivity contribution in [3.8, 4) is 5.75 Å². The third kappa shape index (κ3) is 4.59. The zero-order valence-corrected chi connectivity index (χ0v) is 17.3. The van der Waals surface area contributed by atoms with Crippen LogP contribution in [0.25, 0.3) is 0 Å². The molecule has 2 aliphatic rings. The summed E-state index contributed by atoms with van der Waals surface area (Å²) in [5, 5.41) is 3.66. The van der Waals surface area contributed by atoms with Gasteiger partial charge in [-0.05, 0) is 23.8 Å². The highest BCUT2D eigenvalue weighted by Gasteiger charge is 2.28. The summed E-state index contributed by atoms with van der Waals surface area (Å²) in [6.45, 7) is 3.09. The molecule has 0 radical (unpaired) electrons. The summed E-state index contributed by atoms with van der Waals surface area (Å²) in [6, 6.07) is 14.8. The van der Waals surface area contributed by atoms with Crippen molar-refractivity contribution in [3.63, 3.8) is 0 Å². The Kier molecular flexibility index (Phi) is 6.52. The van der Waals surface area contributed by atoms with Gasteiger partial charge in [-0.15, -0.1) is 0 Å². The molecule has 0 aromatic heterocycles. The van der Waals surface area contributed by atoms with Crippen LogP contribution in [0.1, 0.15) is 11.6 Å². The molecule has 8 heteroatoms. The lowest BCUT2D eigenvalue weighted by molar-refractivity contribution is -0.125. The maximum absolute atomic E-state index is 12.7.